The van der Waals surface area contributed by atoms with Crippen LogP contribution in [0.1, 0.15) is 52.7 Å². The second kappa shape index (κ2) is 10.3. The third-order valence-corrected chi connectivity index (χ3v) is 4.95. The predicted octanol–water partition coefficient (Wildman–Crippen LogP) is 2.50. The van der Waals surface area contributed by atoms with Crippen molar-refractivity contribution >= 4 is 0 Å². The van der Waals surface area contributed by atoms with Crippen molar-refractivity contribution in [2.45, 2.75) is 76.7 Å². The predicted molar refractivity (Wildman–Crippen MR) is 100 cm³/mol. The molecule has 0 aliphatic carbocycles. The summed E-state index contributed by atoms with van der Waals surface area (Å²) in [7, 11) is 0. The number of ether oxygens (including phenoxy) is 3. The standard InChI is InChI=1S/C19H30F2N2O5/c1-4-6-10-26-12-19(13(3)20)16(27-11-7-5-2)15(21)17(28-19)23-9-8-14(24)22-18(23)25/h8-9,13,15-17H,4-7,10-12H2,1-3H3,(H,22,24,25)/t13-,15+,16-,17+,19-/m0/s1. The van der Waals surface area contributed by atoms with Crippen LogP contribution in [-0.4, -0.2) is 53.4 Å². The maximum absolute atomic E-state index is 15.4. The molecule has 5 atom stereocenters. The van der Waals surface area contributed by atoms with Crippen molar-refractivity contribution in [3.63, 3.8) is 0 Å². The highest BCUT2D eigenvalue weighted by molar-refractivity contribution is 5.06. The lowest BCUT2D eigenvalue weighted by atomic mass is 9.91. The number of nitrogens with zero attached hydrogens (tertiary/aromatic N) is 1. The number of hydrogen-bond donors (Lipinski definition) is 1. The highest BCUT2D eigenvalue weighted by Crippen LogP contribution is 2.43. The average Bonchev–Trinajstić information content (AvgIpc) is 2.93. The Labute approximate surface area is 163 Å². The Balaban J connectivity index is 2.35. The van der Waals surface area contributed by atoms with Crippen molar-refractivity contribution in [3.05, 3.63) is 33.1 Å². The molecule has 0 spiro atoms. The molecule has 9 heteroatoms. The van der Waals surface area contributed by atoms with Crippen molar-refractivity contribution in [2.24, 2.45) is 0 Å². The van der Waals surface area contributed by atoms with E-state index in [1.807, 2.05) is 13.8 Å². The smallest absolute Gasteiger partial charge is 0.330 e. The molecule has 7 nitrogen and oxygen atoms in total. The molecule has 160 valence electrons. The molecule has 0 saturated carbocycles. The first-order chi connectivity index (χ1) is 13.4. The van der Waals surface area contributed by atoms with Crippen LogP contribution in [0.4, 0.5) is 8.78 Å². The van der Waals surface area contributed by atoms with Crippen molar-refractivity contribution in [2.75, 3.05) is 19.8 Å². The number of aromatic amines is 1. The highest BCUT2D eigenvalue weighted by Gasteiger charge is 2.61. The van der Waals surface area contributed by atoms with Crippen LogP contribution < -0.4 is 11.2 Å². The first-order valence-corrected chi connectivity index (χ1v) is 9.84. The van der Waals surface area contributed by atoms with Crippen LogP contribution in [0.2, 0.25) is 0 Å². The minimum absolute atomic E-state index is 0.198. The lowest BCUT2D eigenvalue weighted by Gasteiger charge is -2.35. The molecule has 1 saturated heterocycles. The second-order valence-corrected chi connectivity index (χ2v) is 7.09. The van der Waals surface area contributed by atoms with Gasteiger partial charge in [0.2, 0.25) is 0 Å². The summed E-state index contributed by atoms with van der Waals surface area (Å²) in [6.45, 7) is 5.65. The summed E-state index contributed by atoms with van der Waals surface area (Å²) in [4.78, 5) is 25.5. The number of nitrogens with one attached hydrogen (secondary N) is 1. The van der Waals surface area contributed by atoms with Gasteiger partial charge in [0.1, 0.15) is 12.3 Å². The van der Waals surface area contributed by atoms with Gasteiger partial charge < -0.3 is 14.2 Å². The monoisotopic (exact) mass is 404 g/mol. The first kappa shape index (κ1) is 22.7. The summed E-state index contributed by atoms with van der Waals surface area (Å²) in [5.41, 5.74) is -3.14. The highest BCUT2D eigenvalue weighted by atomic mass is 19.1. The minimum Gasteiger partial charge on any atom is -0.378 e. The molecule has 0 aromatic carbocycles. The lowest BCUT2D eigenvalue weighted by molar-refractivity contribution is -0.181. The fraction of sp³-hybridized carbons (Fsp3) is 0.789. The topological polar surface area (TPSA) is 82.5 Å². The van der Waals surface area contributed by atoms with Gasteiger partial charge in [-0.1, -0.05) is 26.7 Å². The van der Waals surface area contributed by atoms with E-state index in [1.54, 1.807) is 0 Å². The quantitative estimate of drug-likeness (QED) is 0.573. The number of aromatic nitrogens is 2. The molecule has 0 radical (unpaired) electrons. The Hall–Kier alpha value is -1.58. The molecule has 1 N–H and O–H groups in total. The molecule has 28 heavy (non-hydrogen) atoms. The zero-order chi connectivity index (χ0) is 20.7. The Kier molecular flexibility index (Phi) is 8.33. The number of hydrogen-bond acceptors (Lipinski definition) is 5. The van der Waals surface area contributed by atoms with Crippen LogP contribution in [0.25, 0.3) is 0 Å². The van der Waals surface area contributed by atoms with Crippen molar-refractivity contribution in [1.82, 2.24) is 9.55 Å². The molecule has 0 amide bonds. The third-order valence-electron chi connectivity index (χ3n) is 4.95. The van der Waals surface area contributed by atoms with Gasteiger partial charge in [-0.15, -0.1) is 0 Å². The zero-order valence-electron chi connectivity index (χ0n) is 16.7. The maximum atomic E-state index is 15.4. The van der Waals surface area contributed by atoms with E-state index >= 15 is 4.39 Å². The fourth-order valence-electron chi connectivity index (χ4n) is 3.23. The van der Waals surface area contributed by atoms with E-state index in [9.17, 15) is 14.0 Å². The lowest BCUT2D eigenvalue weighted by Crippen LogP contribution is -2.54. The number of unbranched alkanes of at least 4 members (excludes halogenated alkanes) is 2. The number of rotatable bonds is 11. The maximum Gasteiger partial charge on any atom is 0.330 e. The van der Waals surface area contributed by atoms with Gasteiger partial charge in [0.25, 0.3) is 5.56 Å². The van der Waals surface area contributed by atoms with Crippen LogP contribution in [0.5, 0.6) is 0 Å². The Morgan fingerprint density at radius 3 is 2.57 bits per heavy atom. The van der Waals surface area contributed by atoms with E-state index in [0.717, 1.165) is 36.1 Å². The van der Waals surface area contributed by atoms with Crippen molar-refractivity contribution in [3.8, 4) is 0 Å². The fourth-order valence-corrected chi connectivity index (χ4v) is 3.23. The number of halogens is 2. The molecular formula is C19H30F2N2O5. The van der Waals surface area contributed by atoms with Gasteiger partial charge in [-0.3, -0.25) is 14.3 Å². The summed E-state index contributed by atoms with van der Waals surface area (Å²) in [5, 5.41) is 0. The largest absolute Gasteiger partial charge is 0.378 e. The number of H-pyrrole nitrogens is 1. The van der Waals surface area contributed by atoms with Gasteiger partial charge in [-0.25, -0.2) is 13.6 Å². The van der Waals surface area contributed by atoms with Gasteiger partial charge in [0.05, 0.1) is 6.61 Å². The second-order valence-electron chi connectivity index (χ2n) is 7.09. The summed E-state index contributed by atoms with van der Waals surface area (Å²) in [6, 6.07) is 1.08. The minimum atomic E-state index is -1.81. The van der Waals surface area contributed by atoms with Gasteiger partial charge in [-0.05, 0) is 19.8 Å². The van der Waals surface area contributed by atoms with E-state index in [4.69, 9.17) is 14.2 Å². The van der Waals surface area contributed by atoms with E-state index in [0.29, 0.717) is 13.0 Å². The summed E-state index contributed by atoms with van der Waals surface area (Å²) < 4.78 is 48.1. The molecule has 1 aromatic heterocycles. The molecule has 2 rings (SSSR count). The molecule has 1 aliphatic heterocycles. The van der Waals surface area contributed by atoms with Crippen molar-refractivity contribution in [1.29, 1.82) is 0 Å². The van der Waals surface area contributed by atoms with E-state index in [-0.39, 0.29) is 13.2 Å². The van der Waals surface area contributed by atoms with Gasteiger partial charge in [-0.2, -0.15) is 0 Å². The zero-order valence-corrected chi connectivity index (χ0v) is 16.7. The number of alkyl halides is 2. The molecule has 1 aromatic rings. The Bertz CT molecular complexity index is 723. The van der Waals surface area contributed by atoms with Crippen LogP contribution in [0.3, 0.4) is 0 Å². The average molecular weight is 404 g/mol. The van der Waals surface area contributed by atoms with Crippen LogP contribution in [0, 0.1) is 0 Å². The molecule has 1 aliphatic rings. The van der Waals surface area contributed by atoms with E-state index < -0.39 is 41.5 Å². The van der Waals surface area contributed by atoms with Crippen molar-refractivity contribution < 1.29 is 23.0 Å². The third kappa shape index (κ3) is 4.87. The van der Waals surface area contributed by atoms with Crippen LogP contribution in [0.15, 0.2) is 21.9 Å². The summed E-state index contributed by atoms with van der Waals surface area (Å²) in [5.74, 6) is 0. The molecule has 1 fully saturated rings. The van der Waals surface area contributed by atoms with E-state index in [2.05, 4.69) is 4.98 Å². The molecule has 2 heterocycles. The first-order valence-electron chi connectivity index (χ1n) is 9.84. The summed E-state index contributed by atoms with van der Waals surface area (Å²) in [6.07, 6.45) is -1.77. The Morgan fingerprint density at radius 2 is 1.96 bits per heavy atom. The molecule has 0 unspecified atom stereocenters. The molecular weight excluding hydrogens is 374 g/mol. The van der Waals surface area contributed by atoms with Crippen LogP contribution in [-0.2, 0) is 14.2 Å². The van der Waals surface area contributed by atoms with Gasteiger partial charge in [0, 0.05) is 25.5 Å². The summed E-state index contributed by atoms with van der Waals surface area (Å²) >= 11 is 0. The Morgan fingerprint density at radius 1 is 1.29 bits per heavy atom. The van der Waals surface area contributed by atoms with Gasteiger partial charge in [0.15, 0.2) is 18.0 Å². The van der Waals surface area contributed by atoms with E-state index in [1.165, 1.54) is 6.92 Å². The SMILES string of the molecule is CCCCOC[C@@]1([C@H](C)F)O[C@@H](n2ccc(=O)[nH]c2=O)[C@H](F)[C@@H]1OCCCC. The van der Waals surface area contributed by atoms with Gasteiger partial charge >= 0.3 is 5.69 Å². The van der Waals surface area contributed by atoms with Crippen LogP contribution >= 0.6 is 0 Å². The molecule has 0 bridgehead atoms. The normalized spacial score (nSPS) is 28.5.